The van der Waals surface area contributed by atoms with Gasteiger partial charge in [-0.25, -0.2) is 4.98 Å². The molecule has 6 heteroatoms. The summed E-state index contributed by atoms with van der Waals surface area (Å²) in [6, 6.07) is 3.68. The van der Waals surface area contributed by atoms with E-state index in [4.69, 9.17) is 4.52 Å². The van der Waals surface area contributed by atoms with Crippen LogP contribution in [0.25, 0.3) is 0 Å². The van der Waals surface area contributed by atoms with Crippen LogP contribution >= 0.6 is 0 Å². The van der Waals surface area contributed by atoms with Gasteiger partial charge in [0, 0.05) is 19.3 Å². The van der Waals surface area contributed by atoms with Crippen LogP contribution in [0.15, 0.2) is 22.9 Å². The zero-order valence-corrected chi connectivity index (χ0v) is 9.19. The Bertz CT molecular complexity index is 468. The van der Waals surface area contributed by atoms with E-state index in [1.54, 1.807) is 19.3 Å². The number of hydrogen-bond donors (Lipinski definition) is 2. The summed E-state index contributed by atoms with van der Waals surface area (Å²) in [6.45, 7) is 2.44. The van der Waals surface area contributed by atoms with Crippen LogP contribution in [-0.4, -0.2) is 22.2 Å². The molecule has 2 heterocycles. The largest absolute Gasteiger partial charge is 0.363 e. The summed E-state index contributed by atoms with van der Waals surface area (Å²) < 4.78 is 5.07. The molecule has 0 aliphatic heterocycles. The van der Waals surface area contributed by atoms with Gasteiger partial charge in [0.2, 0.25) is 5.95 Å². The Balaban J connectivity index is 1.99. The Kier molecular flexibility index (Phi) is 3.00. The molecule has 0 atom stereocenters. The van der Waals surface area contributed by atoms with E-state index in [1.165, 1.54) is 0 Å². The summed E-state index contributed by atoms with van der Waals surface area (Å²) in [5.74, 6) is 2.11. The maximum absolute atomic E-state index is 5.07. The molecule has 0 saturated carbocycles. The summed E-state index contributed by atoms with van der Waals surface area (Å²) in [5.41, 5.74) is 0.871. The summed E-state index contributed by atoms with van der Waals surface area (Å²) in [6.07, 6.45) is 1.69. The fourth-order valence-corrected chi connectivity index (χ4v) is 1.25. The normalized spacial score (nSPS) is 10.1. The maximum atomic E-state index is 5.07. The molecule has 0 saturated heterocycles. The first kappa shape index (κ1) is 10.4. The molecule has 2 N–H and O–H groups in total. The van der Waals surface area contributed by atoms with Crippen molar-refractivity contribution in [1.29, 1.82) is 0 Å². The zero-order chi connectivity index (χ0) is 11.4. The molecule has 0 radical (unpaired) electrons. The minimum Gasteiger partial charge on any atom is -0.363 e. The van der Waals surface area contributed by atoms with Gasteiger partial charge in [0.05, 0.1) is 12.2 Å². The molecule has 0 aromatic carbocycles. The zero-order valence-electron chi connectivity index (χ0n) is 9.19. The quantitative estimate of drug-likeness (QED) is 0.810. The molecular weight excluding hydrogens is 206 g/mol. The lowest BCUT2D eigenvalue weighted by Gasteiger charge is -2.04. The van der Waals surface area contributed by atoms with Crippen LogP contribution in [0.2, 0.25) is 0 Å². The summed E-state index contributed by atoms with van der Waals surface area (Å²) in [4.78, 5) is 8.24. The minimum absolute atomic E-state index is 0.557. The average molecular weight is 219 g/mol. The molecule has 0 bridgehead atoms. The van der Waals surface area contributed by atoms with Crippen molar-refractivity contribution in [3.63, 3.8) is 0 Å². The molecule has 0 spiro atoms. The van der Waals surface area contributed by atoms with Crippen molar-refractivity contribution >= 4 is 11.8 Å². The molecule has 84 valence electrons. The van der Waals surface area contributed by atoms with Gasteiger partial charge in [-0.2, -0.15) is 4.98 Å². The lowest BCUT2D eigenvalue weighted by atomic mass is 10.4. The van der Waals surface area contributed by atoms with Crippen molar-refractivity contribution in [3.8, 4) is 0 Å². The molecule has 6 nitrogen and oxygen atoms in total. The van der Waals surface area contributed by atoms with Gasteiger partial charge in [0.1, 0.15) is 5.82 Å². The maximum Gasteiger partial charge on any atom is 0.224 e. The number of rotatable bonds is 4. The monoisotopic (exact) mass is 219 g/mol. The predicted octanol–water partition coefficient (Wildman–Crippen LogP) is 1.43. The second kappa shape index (κ2) is 4.61. The number of aromatic nitrogens is 3. The van der Waals surface area contributed by atoms with Crippen molar-refractivity contribution in [1.82, 2.24) is 15.1 Å². The van der Waals surface area contributed by atoms with Gasteiger partial charge in [0.15, 0.2) is 5.76 Å². The van der Waals surface area contributed by atoms with Crippen LogP contribution in [0.1, 0.15) is 11.5 Å². The van der Waals surface area contributed by atoms with Crippen LogP contribution in [0.4, 0.5) is 11.8 Å². The average Bonchev–Trinajstić information content (AvgIpc) is 2.73. The molecule has 2 aromatic heterocycles. The topological polar surface area (TPSA) is 75.9 Å². The first-order valence-electron chi connectivity index (χ1n) is 4.95. The third kappa shape index (κ3) is 2.47. The molecule has 0 aliphatic rings. The predicted molar refractivity (Wildman–Crippen MR) is 60.1 cm³/mol. The lowest BCUT2D eigenvalue weighted by Crippen LogP contribution is -2.03. The fourth-order valence-electron chi connectivity index (χ4n) is 1.25. The number of aryl methyl sites for hydroxylation is 1. The molecule has 2 rings (SSSR count). The van der Waals surface area contributed by atoms with E-state index >= 15 is 0 Å². The summed E-state index contributed by atoms with van der Waals surface area (Å²) in [7, 11) is 1.78. The highest BCUT2D eigenvalue weighted by atomic mass is 16.5. The van der Waals surface area contributed by atoms with Gasteiger partial charge in [-0.1, -0.05) is 5.16 Å². The van der Waals surface area contributed by atoms with Crippen molar-refractivity contribution in [2.24, 2.45) is 0 Å². The molecule has 2 aromatic rings. The van der Waals surface area contributed by atoms with Crippen LogP contribution < -0.4 is 10.6 Å². The SMILES string of the molecule is CNc1nccc(NCc2cc(C)no2)n1. The van der Waals surface area contributed by atoms with Gasteiger partial charge in [0.25, 0.3) is 0 Å². The molecule has 0 amide bonds. The number of anilines is 2. The van der Waals surface area contributed by atoms with Crippen molar-refractivity contribution in [3.05, 3.63) is 29.8 Å². The molecule has 16 heavy (non-hydrogen) atoms. The Labute approximate surface area is 93.1 Å². The number of nitrogens with zero attached hydrogens (tertiary/aromatic N) is 3. The Morgan fingerprint density at radius 2 is 2.31 bits per heavy atom. The van der Waals surface area contributed by atoms with E-state index in [2.05, 4.69) is 25.8 Å². The number of hydrogen-bond acceptors (Lipinski definition) is 6. The van der Waals surface area contributed by atoms with E-state index < -0.39 is 0 Å². The molecule has 0 aliphatic carbocycles. The smallest absolute Gasteiger partial charge is 0.224 e. The third-order valence-corrected chi connectivity index (χ3v) is 2.00. The highest BCUT2D eigenvalue weighted by Crippen LogP contribution is 2.08. The van der Waals surface area contributed by atoms with Crippen molar-refractivity contribution in [2.75, 3.05) is 17.7 Å². The first-order chi connectivity index (χ1) is 7.78. The van der Waals surface area contributed by atoms with Crippen LogP contribution in [0, 0.1) is 6.92 Å². The number of nitrogens with one attached hydrogen (secondary N) is 2. The fraction of sp³-hybridized carbons (Fsp3) is 0.300. The highest BCUT2D eigenvalue weighted by molar-refractivity contribution is 5.39. The minimum atomic E-state index is 0.557. The highest BCUT2D eigenvalue weighted by Gasteiger charge is 2.01. The van der Waals surface area contributed by atoms with Crippen LogP contribution in [0.3, 0.4) is 0 Å². The van der Waals surface area contributed by atoms with Crippen LogP contribution in [0.5, 0.6) is 0 Å². The lowest BCUT2D eigenvalue weighted by molar-refractivity contribution is 0.384. The molecular formula is C10H13N5O. The van der Waals surface area contributed by atoms with E-state index in [-0.39, 0.29) is 0 Å². The third-order valence-electron chi connectivity index (χ3n) is 2.00. The van der Waals surface area contributed by atoms with Gasteiger partial charge in [-0.3, -0.25) is 0 Å². The van der Waals surface area contributed by atoms with E-state index in [9.17, 15) is 0 Å². The van der Waals surface area contributed by atoms with E-state index in [1.807, 2.05) is 13.0 Å². The molecule has 0 unspecified atom stereocenters. The second-order valence-electron chi connectivity index (χ2n) is 3.30. The Hall–Kier alpha value is -2.11. The standard InChI is InChI=1S/C10H13N5O/c1-7-5-8(16-15-7)6-13-9-3-4-12-10(11-2)14-9/h3-5H,6H2,1-2H3,(H2,11,12,13,14). The van der Waals surface area contributed by atoms with Crippen LogP contribution in [-0.2, 0) is 6.54 Å². The van der Waals surface area contributed by atoms with Gasteiger partial charge in [-0.15, -0.1) is 0 Å². The second-order valence-corrected chi connectivity index (χ2v) is 3.30. The van der Waals surface area contributed by atoms with Gasteiger partial charge < -0.3 is 15.2 Å². The van der Waals surface area contributed by atoms with Gasteiger partial charge >= 0.3 is 0 Å². The summed E-state index contributed by atoms with van der Waals surface area (Å²) in [5, 5.41) is 9.80. The van der Waals surface area contributed by atoms with E-state index in [0.29, 0.717) is 12.5 Å². The molecule has 0 fully saturated rings. The van der Waals surface area contributed by atoms with Crippen molar-refractivity contribution in [2.45, 2.75) is 13.5 Å². The van der Waals surface area contributed by atoms with Crippen molar-refractivity contribution < 1.29 is 4.52 Å². The first-order valence-corrected chi connectivity index (χ1v) is 4.95. The van der Waals surface area contributed by atoms with E-state index in [0.717, 1.165) is 17.3 Å². The van der Waals surface area contributed by atoms with Gasteiger partial charge in [-0.05, 0) is 13.0 Å². The Morgan fingerprint density at radius 1 is 1.44 bits per heavy atom. The Morgan fingerprint density at radius 3 is 3.00 bits per heavy atom. The summed E-state index contributed by atoms with van der Waals surface area (Å²) >= 11 is 0.